The van der Waals surface area contributed by atoms with Crippen molar-refractivity contribution >= 4 is 5.78 Å². The van der Waals surface area contributed by atoms with Gasteiger partial charge < -0.3 is 9.84 Å². The first-order chi connectivity index (χ1) is 14.1. The van der Waals surface area contributed by atoms with Gasteiger partial charge in [0, 0.05) is 6.42 Å². The molecule has 164 valence electrons. The highest BCUT2D eigenvalue weighted by Crippen LogP contribution is 2.35. The zero-order valence-corrected chi connectivity index (χ0v) is 18.4. The lowest BCUT2D eigenvalue weighted by atomic mass is 9.78. The third-order valence-corrected chi connectivity index (χ3v) is 6.38. The molecule has 1 saturated carbocycles. The molecule has 0 heterocycles. The first kappa shape index (κ1) is 23.7. The summed E-state index contributed by atoms with van der Waals surface area (Å²) in [6.07, 6.45) is 15.6. The van der Waals surface area contributed by atoms with Crippen molar-refractivity contribution in [3.63, 3.8) is 0 Å². The molecule has 0 radical (unpaired) electrons. The first-order valence-corrected chi connectivity index (χ1v) is 11.7. The Morgan fingerprint density at radius 2 is 1.62 bits per heavy atom. The van der Waals surface area contributed by atoms with Crippen LogP contribution in [0.5, 0.6) is 11.5 Å². The molecule has 0 spiro atoms. The fourth-order valence-electron chi connectivity index (χ4n) is 4.57. The Hall–Kier alpha value is -1.58. The number of aromatic hydroxyl groups is 1. The van der Waals surface area contributed by atoms with Gasteiger partial charge in [-0.15, -0.1) is 0 Å². The van der Waals surface area contributed by atoms with Gasteiger partial charge in [0.25, 0.3) is 0 Å². The number of unbranched alkanes of at least 4 members (excludes halogenated alkanes) is 4. The summed E-state index contributed by atoms with van der Waals surface area (Å²) in [7, 11) is 0. The minimum atomic E-state index is -0.842. The van der Waals surface area contributed by atoms with E-state index in [0.29, 0.717) is 18.9 Å². The topological polar surface area (TPSA) is 46.5 Å². The lowest BCUT2D eigenvalue weighted by Gasteiger charge is -2.28. The lowest BCUT2D eigenvalue weighted by molar-refractivity contribution is 0.0972. The summed E-state index contributed by atoms with van der Waals surface area (Å²) < 4.78 is 19.2. The minimum absolute atomic E-state index is 0.0105. The van der Waals surface area contributed by atoms with E-state index in [4.69, 9.17) is 4.74 Å². The summed E-state index contributed by atoms with van der Waals surface area (Å²) in [6.45, 7) is 4.31. The van der Waals surface area contributed by atoms with Gasteiger partial charge in [-0.05, 0) is 37.3 Å². The maximum absolute atomic E-state index is 14.1. The van der Waals surface area contributed by atoms with Gasteiger partial charge in [-0.2, -0.15) is 4.39 Å². The molecule has 0 unspecified atom stereocenters. The Balaban J connectivity index is 1.67. The number of carbonyl (C=O) groups is 1. The van der Waals surface area contributed by atoms with Crippen LogP contribution in [0.2, 0.25) is 0 Å². The van der Waals surface area contributed by atoms with Crippen LogP contribution in [-0.4, -0.2) is 17.5 Å². The van der Waals surface area contributed by atoms with Crippen molar-refractivity contribution in [3.05, 3.63) is 23.5 Å². The van der Waals surface area contributed by atoms with Crippen molar-refractivity contribution in [2.45, 2.75) is 97.3 Å². The summed E-state index contributed by atoms with van der Waals surface area (Å²) in [5, 5.41) is 10.00. The van der Waals surface area contributed by atoms with E-state index in [1.54, 1.807) is 6.92 Å². The normalized spacial score (nSPS) is 19.3. The summed E-state index contributed by atoms with van der Waals surface area (Å²) in [5.41, 5.74) is 0.0673. The largest absolute Gasteiger partial charge is 0.504 e. The van der Waals surface area contributed by atoms with E-state index in [9.17, 15) is 14.3 Å². The molecule has 0 amide bonds. The fraction of sp³-hybridized carbons (Fsp3) is 0.720. The molecule has 0 atom stereocenters. The molecule has 0 aromatic heterocycles. The third kappa shape index (κ3) is 7.64. The predicted octanol–water partition coefficient (Wildman–Crippen LogP) is 7.45. The van der Waals surface area contributed by atoms with Crippen LogP contribution in [0.15, 0.2) is 12.1 Å². The van der Waals surface area contributed by atoms with Crippen molar-refractivity contribution in [1.29, 1.82) is 0 Å². The van der Waals surface area contributed by atoms with E-state index < -0.39 is 11.6 Å². The lowest BCUT2D eigenvalue weighted by Crippen LogP contribution is -2.15. The molecule has 1 N–H and O–H groups in total. The van der Waals surface area contributed by atoms with Gasteiger partial charge in [-0.1, -0.05) is 77.6 Å². The maximum atomic E-state index is 14.1. The van der Waals surface area contributed by atoms with Gasteiger partial charge in [-0.25, -0.2) is 0 Å². The second-order valence-corrected chi connectivity index (χ2v) is 8.61. The zero-order chi connectivity index (χ0) is 21.1. The number of carbonyl (C=O) groups excluding carboxylic acids is 1. The molecule has 3 nitrogen and oxygen atoms in total. The van der Waals surface area contributed by atoms with Crippen LogP contribution < -0.4 is 4.74 Å². The molecule has 1 aliphatic rings. The molecule has 0 bridgehead atoms. The Kier molecular flexibility index (Phi) is 10.5. The van der Waals surface area contributed by atoms with Crippen LogP contribution in [-0.2, 0) is 0 Å². The van der Waals surface area contributed by atoms with Crippen molar-refractivity contribution in [1.82, 2.24) is 0 Å². The van der Waals surface area contributed by atoms with E-state index in [2.05, 4.69) is 6.92 Å². The summed E-state index contributed by atoms with van der Waals surface area (Å²) in [6, 6.07) is 2.90. The number of ether oxygens (including phenoxy) is 1. The van der Waals surface area contributed by atoms with E-state index >= 15 is 0 Å². The van der Waals surface area contributed by atoms with Crippen molar-refractivity contribution in [3.8, 4) is 11.5 Å². The summed E-state index contributed by atoms with van der Waals surface area (Å²) in [5.74, 6) is -0.0110. The van der Waals surface area contributed by atoms with Crippen LogP contribution in [0.4, 0.5) is 4.39 Å². The van der Waals surface area contributed by atoms with Crippen LogP contribution in [0, 0.1) is 17.7 Å². The second kappa shape index (κ2) is 12.9. The number of halogens is 1. The Labute approximate surface area is 176 Å². The molecule has 1 fully saturated rings. The Bertz CT molecular complexity index is 621. The van der Waals surface area contributed by atoms with Gasteiger partial charge in [0.2, 0.25) is 5.82 Å². The van der Waals surface area contributed by atoms with Crippen molar-refractivity contribution < 1.29 is 19.0 Å². The summed E-state index contributed by atoms with van der Waals surface area (Å²) in [4.78, 5) is 12.4. The van der Waals surface area contributed by atoms with Gasteiger partial charge >= 0.3 is 0 Å². The van der Waals surface area contributed by atoms with E-state index in [0.717, 1.165) is 18.8 Å². The number of Topliss-reactive ketones (excluding diaryl/α,β-unsaturated/α-hetero) is 1. The molecule has 0 saturated heterocycles. The number of hydrogen-bond acceptors (Lipinski definition) is 3. The maximum Gasteiger partial charge on any atom is 0.207 e. The van der Waals surface area contributed by atoms with Gasteiger partial charge in [0.15, 0.2) is 17.3 Å². The highest BCUT2D eigenvalue weighted by Gasteiger charge is 2.22. The quantitative estimate of drug-likeness (QED) is 0.273. The molecular weight excluding hydrogens is 367 g/mol. The SMILES string of the molecule is CCCCCCCC1CCC(CCCC(=O)c2ccc(OCC)c(F)c2O)CC1. The number of ketones is 1. The van der Waals surface area contributed by atoms with Gasteiger partial charge in [0.1, 0.15) is 0 Å². The number of rotatable bonds is 13. The molecule has 1 aliphatic carbocycles. The van der Waals surface area contributed by atoms with E-state index in [1.165, 1.54) is 76.3 Å². The molecular formula is C25H39FO3. The molecule has 1 aromatic carbocycles. The van der Waals surface area contributed by atoms with E-state index in [-0.39, 0.29) is 17.1 Å². The highest BCUT2D eigenvalue weighted by molar-refractivity contribution is 5.98. The first-order valence-electron chi connectivity index (χ1n) is 11.7. The van der Waals surface area contributed by atoms with Crippen LogP contribution in [0.1, 0.15) is 108 Å². The summed E-state index contributed by atoms with van der Waals surface area (Å²) >= 11 is 0. The minimum Gasteiger partial charge on any atom is -0.504 e. The van der Waals surface area contributed by atoms with Crippen molar-refractivity contribution in [2.24, 2.45) is 11.8 Å². The van der Waals surface area contributed by atoms with Gasteiger partial charge in [0.05, 0.1) is 12.2 Å². The smallest absolute Gasteiger partial charge is 0.207 e. The Morgan fingerprint density at radius 1 is 1.00 bits per heavy atom. The molecule has 0 aliphatic heterocycles. The van der Waals surface area contributed by atoms with Crippen LogP contribution >= 0.6 is 0 Å². The zero-order valence-electron chi connectivity index (χ0n) is 18.4. The number of phenols is 1. The number of hydrogen-bond donors (Lipinski definition) is 1. The fourth-order valence-corrected chi connectivity index (χ4v) is 4.57. The average molecular weight is 407 g/mol. The predicted molar refractivity (Wildman–Crippen MR) is 116 cm³/mol. The van der Waals surface area contributed by atoms with Crippen molar-refractivity contribution in [2.75, 3.05) is 6.61 Å². The van der Waals surface area contributed by atoms with Crippen LogP contribution in [0.3, 0.4) is 0 Å². The molecule has 29 heavy (non-hydrogen) atoms. The van der Waals surface area contributed by atoms with E-state index in [1.807, 2.05) is 0 Å². The van der Waals surface area contributed by atoms with Crippen LogP contribution in [0.25, 0.3) is 0 Å². The number of benzene rings is 1. The highest BCUT2D eigenvalue weighted by atomic mass is 19.1. The molecule has 1 aromatic rings. The average Bonchev–Trinajstić information content (AvgIpc) is 2.72. The molecule has 2 rings (SSSR count). The number of phenolic OH excluding ortho intramolecular Hbond substituents is 1. The third-order valence-electron chi connectivity index (χ3n) is 6.38. The monoisotopic (exact) mass is 406 g/mol. The Morgan fingerprint density at radius 3 is 2.24 bits per heavy atom. The standard InChI is InChI=1S/C25H39FO3/c1-3-5-6-7-8-10-19-13-15-20(16-14-19)11-9-12-22(27)21-17-18-23(29-4-2)24(26)25(21)28/h17-20,28H,3-16H2,1-2H3. The second-order valence-electron chi connectivity index (χ2n) is 8.61. The molecule has 4 heteroatoms. The van der Waals surface area contributed by atoms with Gasteiger partial charge in [-0.3, -0.25) is 4.79 Å².